The number of nitrogens with zero attached hydrogens (tertiary/aromatic N) is 3. The lowest BCUT2D eigenvalue weighted by atomic mass is 9.65. The van der Waals surface area contributed by atoms with E-state index >= 15 is 0 Å². The number of halogens is 3. The lowest BCUT2D eigenvalue weighted by molar-refractivity contribution is -0.137. The van der Waals surface area contributed by atoms with Gasteiger partial charge in [0.05, 0.1) is 16.5 Å². The van der Waals surface area contributed by atoms with E-state index in [2.05, 4.69) is 76.6 Å². The second-order valence-corrected chi connectivity index (χ2v) is 16.7. The number of aliphatic imine (C=N–C) groups is 3. The minimum absolute atomic E-state index is 0.406. The van der Waals surface area contributed by atoms with Crippen LogP contribution in [0.1, 0.15) is 79.7 Å². The van der Waals surface area contributed by atoms with Crippen LogP contribution in [0.3, 0.4) is 0 Å². The van der Waals surface area contributed by atoms with Crippen molar-refractivity contribution in [1.29, 1.82) is 0 Å². The van der Waals surface area contributed by atoms with Crippen LogP contribution in [0.25, 0.3) is 11.1 Å². The fourth-order valence-corrected chi connectivity index (χ4v) is 9.94. The Morgan fingerprint density at radius 3 is 1.88 bits per heavy atom. The largest absolute Gasteiger partial charge is 0.456 e. The Balaban J connectivity index is 1.05. The van der Waals surface area contributed by atoms with Crippen LogP contribution in [0, 0.1) is 0 Å². The fraction of sp³-hybridized carbons (Fsp3) is 0.0893. The number of nitrogens with one attached hydrogen (secondary N) is 3. The molecule has 8 aromatic carbocycles. The third-order valence-electron chi connectivity index (χ3n) is 12.9. The number of amidine groups is 3. The number of hydrogen-bond acceptors (Lipinski definition) is 7. The van der Waals surface area contributed by atoms with Crippen molar-refractivity contribution in [1.82, 2.24) is 16.0 Å². The number of para-hydroxylation sites is 2. The summed E-state index contributed by atoms with van der Waals surface area (Å²) in [6, 6.07) is 64.7. The first-order chi connectivity index (χ1) is 32.3. The van der Waals surface area contributed by atoms with Gasteiger partial charge in [0.25, 0.3) is 0 Å². The minimum Gasteiger partial charge on any atom is -0.456 e. The number of rotatable bonds is 6. The van der Waals surface area contributed by atoms with Crippen LogP contribution in [0.4, 0.5) is 13.2 Å². The highest BCUT2D eigenvalue weighted by Gasteiger charge is 2.52. The molecule has 0 amide bonds. The zero-order chi connectivity index (χ0) is 44.4. The summed E-state index contributed by atoms with van der Waals surface area (Å²) >= 11 is 0. The third-order valence-corrected chi connectivity index (χ3v) is 12.9. The zero-order valence-electron chi connectivity index (χ0n) is 35.2. The van der Waals surface area contributed by atoms with E-state index in [1.54, 1.807) is 6.07 Å². The molecule has 0 bridgehead atoms. The Bertz CT molecular complexity index is 3280. The number of ether oxygens (including phenoxy) is 1. The molecule has 4 unspecified atom stereocenters. The fourth-order valence-electron chi connectivity index (χ4n) is 9.94. The molecule has 3 aliphatic heterocycles. The number of alkyl halides is 3. The van der Waals surface area contributed by atoms with Crippen LogP contribution < -0.4 is 20.7 Å². The van der Waals surface area contributed by atoms with Gasteiger partial charge in [0.15, 0.2) is 6.17 Å². The Kier molecular flexibility index (Phi) is 9.32. The highest BCUT2D eigenvalue weighted by Crippen LogP contribution is 2.62. The van der Waals surface area contributed by atoms with E-state index in [1.807, 2.05) is 115 Å². The van der Waals surface area contributed by atoms with Crippen LogP contribution in [-0.2, 0) is 11.6 Å². The molecule has 8 aromatic rings. The monoisotopic (exact) mass is 868 g/mol. The lowest BCUT2D eigenvalue weighted by Gasteiger charge is -2.40. The quantitative estimate of drug-likeness (QED) is 0.155. The molecule has 0 fully saturated rings. The summed E-state index contributed by atoms with van der Waals surface area (Å²) in [5.41, 5.74) is 9.40. The van der Waals surface area contributed by atoms with Gasteiger partial charge in [-0.05, 0) is 69.3 Å². The Morgan fingerprint density at radius 1 is 0.470 bits per heavy atom. The maximum atomic E-state index is 14.1. The van der Waals surface area contributed by atoms with Crippen molar-refractivity contribution in [2.75, 3.05) is 0 Å². The molecule has 3 N–H and O–H groups in total. The molecular weight excluding hydrogens is 830 g/mol. The molecule has 3 heterocycles. The van der Waals surface area contributed by atoms with Gasteiger partial charge in [-0.1, -0.05) is 170 Å². The number of benzene rings is 8. The van der Waals surface area contributed by atoms with Gasteiger partial charge in [0, 0.05) is 22.3 Å². The summed E-state index contributed by atoms with van der Waals surface area (Å²) in [4.78, 5) is 15.5. The third kappa shape index (κ3) is 6.51. The summed E-state index contributed by atoms with van der Waals surface area (Å²) in [7, 11) is 0. The van der Waals surface area contributed by atoms with Crippen molar-refractivity contribution in [3.05, 3.63) is 261 Å². The van der Waals surface area contributed by atoms with Crippen molar-refractivity contribution in [2.24, 2.45) is 15.0 Å². The average Bonchev–Trinajstić information content (AvgIpc) is 3.66. The van der Waals surface area contributed by atoms with Gasteiger partial charge >= 0.3 is 6.18 Å². The molecule has 7 nitrogen and oxygen atoms in total. The molecule has 10 heteroatoms. The van der Waals surface area contributed by atoms with Crippen molar-refractivity contribution in [3.63, 3.8) is 0 Å². The summed E-state index contributed by atoms with van der Waals surface area (Å²) in [6.07, 6.45) is -6.26. The summed E-state index contributed by atoms with van der Waals surface area (Å²) in [5, 5.41) is 10.7. The standard InChI is InChI=1S/C56H39F3N6O/c57-56(58,59)39-23-14-22-37(32-39)52-61-49(34-16-4-1-5-17-34)62-53(63-52)38-30-31-41-40-24-10-11-26-43(40)55(46(41)33-38)44-27-12-13-29-47(44)66-48-42(25-15-28-45(48)55)54-64-50(35-18-6-2-7-19-35)60-51(65-54)36-20-8-3-9-21-36/h1-33,49-50,52,61H,(H,62,63)(H,60,64,65). The van der Waals surface area contributed by atoms with Crippen LogP contribution >= 0.6 is 0 Å². The second-order valence-electron chi connectivity index (χ2n) is 16.7. The first-order valence-electron chi connectivity index (χ1n) is 21.8. The van der Waals surface area contributed by atoms with Gasteiger partial charge in [-0.15, -0.1) is 0 Å². The summed E-state index contributed by atoms with van der Waals surface area (Å²) < 4.78 is 49.3. The van der Waals surface area contributed by atoms with E-state index in [-0.39, 0.29) is 0 Å². The highest BCUT2D eigenvalue weighted by atomic mass is 19.4. The SMILES string of the molecule is FC(F)(F)c1cccc(C2N=C(c3ccc4c(c3)C3(c5ccccc5Oc5c(C6=NC(c7ccccc7)N=C(c7ccccc7)N6)cccc53)c3ccccc3-4)NC(c3ccccc3)N2)c1. The van der Waals surface area contributed by atoms with Crippen LogP contribution in [0.15, 0.2) is 215 Å². The van der Waals surface area contributed by atoms with Crippen LogP contribution in [-0.4, -0.2) is 17.5 Å². The second kappa shape index (κ2) is 15.6. The predicted octanol–water partition coefficient (Wildman–Crippen LogP) is 12.0. The molecule has 0 aromatic heterocycles. The van der Waals surface area contributed by atoms with E-state index in [4.69, 9.17) is 19.7 Å². The van der Waals surface area contributed by atoms with Gasteiger partial charge in [0.1, 0.15) is 41.3 Å². The predicted molar refractivity (Wildman–Crippen MR) is 252 cm³/mol. The molecular formula is C56H39F3N6O. The maximum Gasteiger partial charge on any atom is 0.416 e. The van der Waals surface area contributed by atoms with Crippen molar-refractivity contribution in [2.45, 2.75) is 30.1 Å². The topological polar surface area (TPSA) is 82.4 Å². The molecule has 0 saturated heterocycles. The van der Waals surface area contributed by atoms with E-state index in [0.717, 1.165) is 67.3 Å². The summed E-state index contributed by atoms with van der Waals surface area (Å²) in [5.74, 6) is 3.26. The number of hydrogen-bond donors (Lipinski definition) is 3. The first-order valence-corrected chi connectivity index (χ1v) is 21.8. The van der Waals surface area contributed by atoms with Gasteiger partial charge < -0.3 is 15.4 Å². The smallest absolute Gasteiger partial charge is 0.416 e. The minimum atomic E-state index is -4.51. The van der Waals surface area contributed by atoms with Crippen LogP contribution in [0.2, 0.25) is 0 Å². The molecule has 4 atom stereocenters. The van der Waals surface area contributed by atoms with Gasteiger partial charge in [0.2, 0.25) is 0 Å². The number of fused-ring (bicyclic) bond motifs is 9. The molecule has 0 radical (unpaired) electrons. The van der Waals surface area contributed by atoms with E-state index in [0.29, 0.717) is 34.6 Å². The average molecular weight is 869 g/mol. The Labute approximate surface area is 379 Å². The van der Waals surface area contributed by atoms with E-state index in [1.165, 1.54) is 12.1 Å². The van der Waals surface area contributed by atoms with Crippen molar-refractivity contribution >= 4 is 17.5 Å². The van der Waals surface area contributed by atoms with E-state index < -0.39 is 35.7 Å². The van der Waals surface area contributed by atoms with Crippen LogP contribution in [0.5, 0.6) is 11.5 Å². The zero-order valence-corrected chi connectivity index (χ0v) is 35.2. The molecule has 0 saturated carbocycles. The van der Waals surface area contributed by atoms with Gasteiger partial charge in [-0.3, -0.25) is 5.32 Å². The Morgan fingerprint density at radius 2 is 1.09 bits per heavy atom. The Hall–Kier alpha value is -8.08. The van der Waals surface area contributed by atoms with Gasteiger partial charge in [-0.25, -0.2) is 15.0 Å². The molecule has 12 rings (SSSR count). The van der Waals surface area contributed by atoms with E-state index in [9.17, 15) is 13.2 Å². The highest BCUT2D eigenvalue weighted by molar-refractivity contribution is 6.17. The lowest BCUT2D eigenvalue weighted by Crippen LogP contribution is -2.45. The van der Waals surface area contributed by atoms with Gasteiger partial charge in [-0.2, -0.15) is 13.2 Å². The molecule has 1 spiro atoms. The molecule has 4 aliphatic rings. The molecule has 320 valence electrons. The first kappa shape index (κ1) is 39.5. The maximum absolute atomic E-state index is 14.1. The molecule has 66 heavy (non-hydrogen) atoms. The normalized spacial score (nSPS) is 20.2. The van der Waals surface area contributed by atoms with Crippen molar-refractivity contribution < 1.29 is 17.9 Å². The molecule has 1 aliphatic carbocycles. The summed E-state index contributed by atoms with van der Waals surface area (Å²) in [6.45, 7) is 0. The van der Waals surface area contributed by atoms with Crippen molar-refractivity contribution in [3.8, 4) is 22.6 Å².